The first-order chi connectivity index (χ1) is 18.6. The van der Waals surface area contributed by atoms with Crippen LogP contribution in [-0.4, -0.2) is 11.6 Å². The largest absolute Gasteiger partial charge is 0.311 e. The molecule has 0 amide bonds. The second-order valence-electron chi connectivity index (χ2n) is 9.44. The molecule has 182 valence electrons. The van der Waals surface area contributed by atoms with E-state index in [-0.39, 0.29) is 17.1 Å². The van der Waals surface area contributed by atoms with E-state index in [1.807, 2.05) is 84.9 Å². The molecule has 0 saturated carbocycles. The van der Waals surface area contributed by atoms with Crippen LogP contribution in [0.4, 0.5) is 17.1 Å². The summed E-state index contributed by atoms with van der Waals surface area (Å²) in [6, 6.07) is 41.9. The van der Waals surface area contributed by atoms with E-state index in [1.54, 1.807) is 12.1 Å². The standard InChI is InChI=1S/C35H25NO2/c1-24-12-17-29(18-13-24)36(28-10-6-3-7-11-28)30-19-14-25(15-20-30)22-33-34(37)31-21-16-27(23-32(31)35(33)38)26-8-4-2-5-9-26/h2-23H,1H3/b33-22+. The molecule has 5 aromatic rings. The van der Waals surface area contributed by atoms with Gasteiger partial charge in [0.05, 0.1) is 5.57 Å². The van der Waals surface area contributed by atoms with Gasteiger partial charge in [-0.1, -0.05) is 84.4 Å². The van der Waals surface area contributed by atoms with Crippen molar-refractivity contribution in [3.05, 3.63) is 155 Å². The van der Waals surface area contributed by atoms with Crippen molar-refractivity contribution in [2.75, 3.05) is 4.90 Å². The van der Waals surface area contributed by atoms with Crippen molar-refractivity contribution in [3.8, 4) is 11.1 Å². The van der Waals surface area contributed by atoms with Gasteiger partial charge >= 0.3 is 0 Å². The molecule has 3 heteroatoms. The lowest BCUT2D eigenvalue weighted by molar-refractivity contribution is 0.0990. The topological polar surface area (TPSA) is 37.4 Å². The second kappa shape index (κ2) is 9.79. The predicted molar refractivity (Wildman–Crippen MR) is 154 cm³/mol. The van der Waals surface area contributed by atoms with E-state index >= 15 is 0 Å². The molecular formula is C35H25NO2. The Labute approximate surface area is 222 Å². The number of para-hydroxylation sites is 1. The van der Waals surface area contributed by atoms with Crippen LogP contribution in [-0.2, 0) is 0 Å². The minimum atomic E-state index is -0.225. The van der Waals surface area contributed by atoms with Gasteiger partial charge in [0.1, 0.15) is 0 Å². The highest BCUT2D eigenvalue weighted by molar-refractivity contribution is 6.41. The van der Waals surface area contributed by atoms with Crippen LogP contribution in [0, 0.1) is 6.92 Å². The lowest BCUT2D eigenvalue weighted by Crippen LogP contribution is -2.09. The molecule has 3 nitrogen and oxygen atoms in total. The highest BCUT2D eigenvalue weighted by atomic mass is 16.2. The average molecular weight is 492 g/mol. The number of carbonyl (C=O) groups excluding carboxylic acids is 2. The minimum Gasteiger partial charge on any atom is -0.311 e. The number of Topliss-reactive ketones (excluding diaryl/α,β-unsaturated/α-hetero) is 2. The third kappa shape index (κ3) is 4.35. The molecule has 0 bridgehead atoms. The number of fused-ring (bicyclic) bond motifs is 1. The number of allylic oxidation sites excluding steroid dienone is 1. The summed E-state index contributed by atoms with van der Waals surface area (Å²) < 4.78 is 0. The van der Waals surface area contributed by atoms with Crippen molar-refractivity contribution in [3.63, 3.8) is 0 Å². The van der Waals surface area contributed by atoms with E-state index in [2.05, 4.69) is 48.2 Å². The predicted octanol–water partition coefficient (Wildman–Crippen LogP) is 8.59. The van der Waals surface area contributed by atoms with Crippen molar-refractivity contribution in [2.24, 2.45) is 0 Å². The Kier molecular flexibility index (Phi) is 6.03. The van der Waals surface area contributed by atoms with Crippen molar-refractivity contribution in [2.45, 2.75) is 6.92 Å². The molecular weight excluding hydrogens is 466 g/mol. The van der Waals surface area contributed by atoms with Crippen LogP contribution in [0.1, 0.15) is 31.8 Å². The molecule has 0 atom stereocenters. The van der Waals surface area contributed by atoms with E-state index in [4.69, 9.17) is 0 Å². The van der Waals surface area contributed by atoms with Crippen molar-refractivity contribution in [1.29, 1.82) is 0 Å². The summed E-state index contributed by atoms with van der Waals surface area (Å²) in [4.78, 5) is 28.6. The number of hydrogen-bond acceptors (Lipinski definition) is 3. The molecule has 0 spiro atoms. The van der Waals surface area contributed by atoms with Crippen molar-refractivity contribution in [1.82, 2.24) is 0 Å². The zero-order chi connectivity index (χ0) is 26.1. The number of hydrogen-bond donors (Lipinski definition) is 0. The minimum absolute atomic E-state index is 0.205. The smallest absolute Gasteiger partial charge is 0.197 e. The number of benzene rings is 5. The third-order valence-corrected chi connectivity index (χ3v) is 6.87. The molecule has 0 saturated heterocycles. The number of ketones is 2. The van der Waals surface area contributed by atoms with Gasteiger partial charge in [-0.15, -0.1) is 0 Å². The Morgan fingerprint density at radius 1 is 0.526 bits per heavy atom. The fourth-order valence-corrected chi connectivity index (χ4v) is 4.87. The van der Waals surface area contributed by atoms with Crippen LogP contribution in [0.2, 0.25) is 0 Å². The number of aryl methyl sites for hydroxylation is 1. The van der Waals surface area contributed by atoms with Gasteiger partial charge < -0.3 is 4.90 Å². The van der Waals surface area contributed by atoms with Crippen LogP contribution in [0.15, 0.2) is 133 Å². The van der Waals surface area contributed by atoms with E-state index in [0.717, 1.165) is 33.8 Å². The van der Waals surface area contributed by atoms with Crippen LogP contribution >= 0.6 is 0 Å². The summed E-state index contributed by atoms with van der Waals surface area (Å²) in [5, 5.41) is 0. The maximum atomic E-state index is 13.3. The van der Waals surface area contributed by atoms with E-state index in [9.17, 15) is 9.59 Å². The van der Waals surface area contributed by atoms with Gasteiger partial charge in [-0.2, -0.15) is 0 Å². The second-order valence-corrected chi connectivity index (χ2v) is 9.44. The van der Waals surface area contributed by atoms with Crippen LogP contribution in [0.5, 0.6) is 0 Å². The molecule has 0 radical (unpaired) electrons. The van der Waals surface area contributed by atoms with Gasteiger partial charge in [0, 0.05) is 28.2 Å². The Balaban J connectivity index is 1.32. The van der Waals surface area contributed by atoms with E-state index in [0.29, 0.717) is 11.1 Å². The molecule has 5 aromatic carbocycles. The quantitative estimate of drug-likeness (QED) is 0.182. The first-order valence-electron chi connectivity index (χ1n) is 12.6. The zero-order valence-electron chi connectivity index (χ0n) is 21.0. The molecule has 0 unspecified atom stereocenters. The van der Waals surface area contributed by atoms with E-state index in [1.165, 1.54) is 5.56 Å². The van der Waals surface area contributed by atoms with Gasteiger partial charge in [-0.25, -0.2) is 0 Å². The van der Waals surface area contributed by atoms with Gasteiger partial charge in [-0.05, 0) is 78.2 Å². The molecule has 1 aliphatic carbocycles. The van der Waals surface area contributed by atoms with Crippen LogP contribution in [0.25, 0.3) is 17.2 Å². The summed E-state index contributed by atoms with van der Waals surface area (Å²) in [6.45, 7) is 2.07. The Bertz CT molecular complexity index is 1670. The maximum absolute atomic E-state index is 13.3. The lowest BCUT2D eigenvalue weighted by Gasteiger charge is -2.25. The van der Waals surface area contributed by atoms with Gasteiger partial charge in [0.15, 0.2) is 11.6 Å². The highest BCUT2D eigenvalue weighted by Gasteiger charge is 2.33. The molecule has 0 heterocycles. The Hall–Kier alpha value is -5.02. The fourth-order valence-electron chi connectivity index (χ4n) is 4.87. The number of anilines is 3. The fraction of sp³-hybridized carbons (Fsp3) is 0.0286. The maximum Gasteiger partial charge on any atom is 0.197 e. The zero-order valence-corrected chi connectivity index (χ0v) is 21.0. The normalized spacial score (nSPS) is 13.6. The first kappa shape index (κ1) is 23.4. The summed E-state index contributed by atoms with van der Waals surface area (Å²) in [5.41, 5.74) is 8.17. The van der Waals surface area contributed by atoms with Gasteiger partial charge in [0.25, 0.3) is 0 Å². The van der Waals surface area contributed by atoms with Gasteiger partial charge in [-0.3, -0.25) is 9.59 Å². The summed E-state index contributed by atoms with van der Waals surface area (Å²) >= 11 is 0. The van der Waals surface area contributed by atoms with Crippen molar-refractivity contribution < 1.29 is 9.59 Å². The van der Waals surface area contributed by atoms with Crippen LogP contribution < -0.4 is 4.90 Å². The molecule has 0 N–H and O–H groups in total. The van der Waals surface area contributed by atoms with Crippen molar-refractivity contribution >= 4 is 34.7 Å². The molecule has 38 heavy (non-hydrogen) atoms. The Morgan fingerprint density at radius 2 is 1.08 bits per heavy atom. The third-order valence-electron chi connectivity index (χ3n) is 6.87. The summed E-state index contributed by atoms with van der Waals surface area (Å²) in [6.07, 6.45) is 1.70. The molecule has 0 aliphatic heterocycles. The lowest BCUT2D eigenvalue weighted by atomic mass is 10.0. The van der Waals surface area contributed by atoms with E-state index < -0.39 is 0 Å². The average Bonchev–Trinajstić information content (AvgIpc) is 3.20. The summed E-state index contributed by atoms with van der Waals surface area (Å²) in [7, 11) is 0. The number of rotatable bonds is 5. The molecule has 0 aromatic heterocycles. The van der Waals surface area contributed by atoms with Gasteiger partial charge in [0.2, 0.25) is 0 Å². The Morgan fingerprint density at radius 3 is 1.74 bits per heavy atom. The highest BCUT2D eigenvalue weighted by Crippen LogP contribution is 2.35. The summed E-state index contributed by atoms with van der Waals surface area (Å²) in [5.74, 6) is -0.448. The molecule has 0 fully saturated rings. The monoisotopic (exact) mass is 491 g/mol. The molecule has 6 rings (SSSR count). The number of carbonyl (C=O) groups is 2. The number of nitrogens with zero attached hydrogens (tertiary/aromatic N) is 1. The van der Waals surface area contributed by atoms with Crippen LogP contribution in [0.3, 0.4) is 0 Å². The first-order valence-corrected chi connectivity index (χ1v) is 12.6. The molecule has 1 aliphatic rings. The SMILES string of the molecule is Cc1ccc(N(c2ccccc2)c2ccc(/C=C3\C(=O)c4ccc(-c5ccccc5)cc4C3=O)cc2)cc1.